The van der Waals surface area contributed by atoms with E-state index in [0.717, 1.165) is 22.9 Å². The molecular formula is C12H17BO2S. The lowest BCUT2D eigenvalue weighted by Crippen LogP contribution is -2.35. The standard InChI is InChI=1S/C12H17BO2S/c1-11(2)8-13(15-12(11,3)4)9-5-10(6-14)16-7-9/h5-7H,8H2,1-4H3. The molecule has 0 unspecified atom stereocenters. The third kappa shape index (κ3) is 1.85. The van der Waals surface area contributed by atoms with Gasteiger partial charge in [-0.15, -0.1) is 11.3 Å². The fourth-order valence-electron chi connectivity index (χ4n) is 2.05. The SMILES string of the molecule is CC1(C)CB(c2csc(C=O)c2)OC1(C)C. The number of hydrogen-bond donors (Lipinski definition) is 0. The molecule has 16 heavy (non-hydrogen) atoms. The zero-order valence-electron chi connectivity index (χ0n) is 10.2. The first-order valence-corrected chi connectivity index (χ1v) is 6.45. The molecule has 2 nitrogen and oxygen atoms in total. The highest BCUT2D eigenvalue weighted by Crippen LogP contribution is 2.45. The van der Waals surface area contributed by atoms with Crippen LogP contribution < -0.4 is 5.46 Å². The fraction of sp³-hybridized carbons (Fsp3) is 0.583. The average molecular weight is 236 g/mol. The number of hydrogen-bond acceptors (Lipinski definition) is 3. The van der Waals surface area contributed by atoms with Crippen LogP contribution in [0.25, 0.3) is 0 Å². The summed E-state index contributed by atoms with van der Waals surface area (Å²) in [5.41, 5.74) is 1.20. The summed E-state index contributed by atoms with van der Waals surface area (Å²) in [6, 6.07) is 1.94. The van der Waals surface area contributed by atoms with Gasteiger partial charge < -0.3 is 4.65 Å². The summed E-state index contributed by atoms with van der Waals surface area (Å²) < 4.78 is 6.10. The van der Waals surface area contributed by atoms with Gasteiger partial charge in [-0.25, -0.2) is 0 Å². The maximum Gasteiger partial charge on any atom is 0.328 e. The molecule has 0 spiro atoms. The van der Waals surface area contributed by atoms with E-state index >= 15 is 0 Å². The van der Waals surface area contributed by atoms with E-state index in [0.29, 0.717) is 0 Å². The summed E-state index contributed by atoms with van der Waals surface area (Å²) in [7, 11) is 0. The van der Waals surface area contributed by atoms with Gasteiger partial charge >= 0.3 is 6.92 Å². The highest BCUT2D eigenvalue weighted by atomic mass is 32.1. The largest absolute Gasteiger partial charge is 0.425 e. The Morgan fingerprint density at radius 2 is 2.12 bits per heavy atom. The molecule has 1 aliphatic heterocycles. The van der Waals surface area contributed by atoms with Gasteiger partial charge in [0.1, 0.15) is 0 Å². The molecule has 0 aromatic carbocycles. The molecule has 0 aliphatic carbocycles. The van der Waals surface area contributed by atoms with Gasteiger partial charge in [-0.3, -0.25) is 4.79 Å². The summed E-state index contributed by atoms with van der Waals surface area (Å²) in [5.74, 6) is 0. The van der Waals surface area contributed by atoms with Crippen molar-refractivity contribution in [3.8, 4) is 0 Å². The molecule has 1 fully saturated rings. The Labute approximate surface area is 101 Å². The first-order chi connectivity index (χ1) is 7.36. The Kier molecular flexibility index (Phi) is 2.75. The van der Waals surface area contributed by atoms with Crippen LogP contribution in [-0.4, -0.2) is 18.8 Å². The van der Waals surface area contributed by atoms with E-state index in [1.807, 2.05) is 11.4 Å². The zero-order chi connectivity index (χ0) is 12.0. The maximum absolute atomic E-state index is 10.7. The van der Waals surface area contributed by atoms with Crippen molar-refractivity contribution in [3.63, 3.8) is 0 Å². The molecule has 1 aromatic rings. The fourth-order valence-corrected chi connectivity index (χ4v) is 2.80. The van der Waals surface area contributed by atoms with Gasteiger partial charge in [0.05, 0.1) is 10.5 Å². The third-order valence-electron chi connectivity index (χ3n) is 3.89. The second-order valence-corrected chi connectivity index (χ2v) is 6.55. The number of thiophene rings is 1. The zero-order valence-corrected chi connectivity index (χ0v) is 11.1. The second kappa shape index (κ2) is 3.71. The predicted molar refractivity (Wildman–Crippen MR) is 68.8 cm³/mol. The van der Waals surface area contributed by atoms with Gasteiger partial charge in [0.25, 0.3) is 0 Å². The number of aldehydes is 1. The van der Waals surface area contributed by atoms with E-state index in [9.17, 15) is 4.79 Å². The van der Waals surface area contributed by atoms with Crippen LogP contribution in [0.2, 0.25) is 6.32 Å². The molecule has 2 heterocycles. The number of carbonyl (C=O) groups is 1. The highest BCUT2D eigenvalue weighted by Gasteiger charge is 2.49. The molecule has 4 heteroatoms. The summed E-state index contributed by atoms with van der Waals surface area (Å²) in [5, 5.41) is 2.03. The van der Waals surface area contributed by atoms with Crippen LogP contribution >= 0.6 is 11.3 Å². The van der Waals surface area contributed by atoms with Crippen molar-refractivity contribution in [2.75, 3.05) is 0 Å². The molecule has 0 saturated carbocycles. The van der Waals surface area contributed by atoms with Gasteiger partial charge in [-0.2, -0.15) is 0 Å². The maximum atomic E-state index is 10.7. The Hall–Kier alpha value is -0.605. The molecule has 1 aliphatic rings. The van der Waals surface area contributed by atoms with Crippen molar-refractivity contribution >= 4 is 30.0 Å². The van der Waals surface area contributed by atoms with Crippen LogP contribution in [0.15, 0.2) is 11.4 Å². The molecular weight excluding hydrogens is 219 g/mol. The first-order valence-electron chi connectivity index (χ1n) is 5.57. The topological polar surface area (TPSA) is 26.3 Å². The summed E-state index contributed by atoms with van der Waals surface area (Å²) >= 11 is 1.49. The molecule has 0 radical (unpaired) electrons. The van der Waals surface area contributed by atoms with Crippen LogP contribution in [0.1, 0.15) is 37.4 Å². The lowest BCUT2D eigenvalue weighted by Gasteiger charge is -2.34. The van der Waals surface area contributed by atoms with Crippen molar-refractivity contribution < 1.29 is 9.45 Å². The van der Waals surface area contributed by atoms with Crippen molar-refractivity contribution in [1.82, 2.24) is 0 Å². The Morgan fingerprint density at radius 3 is 2.56 bits per heavy atom. The second-order valence-electron chi connectivity index (χ2n) is 5.61. The minimum atomic E-state index is -0.110. The summed E-state index contributed by atoms with van der Waals surface area (Å²) in [6.07, 6.45) is 1.91. The molecule has 86 valence electrons. The van der Waals surface area contributed by atoms with Crippen molar-refractivity contribution in [1.29, 1.82) is 0 Å². The lowest BCUT2D eigenvalue weighted by molar-refractivity contribution is 0.0375. The van der Waals surface area contributed by atoms with E-state index in [-0.39, 0.29) is 17.9 Å². The quantitative estimate of drug-likeness (QED) is 0.582. The Bertz CT molecular complexity index is 393. The Morgan fingerprint density at radius 1 is 1.44 bits per heavy atom. The van der Waals surface area contributed by atoms with Crippen LogP contribution in [0.5, 0.6) is 0 Å². The highest BCUT2D eigenvalue weighted by molar-refractivity contribution is 7.13. The van der Waals surface area contributed by atoms with E-state index in [2.05, 4.69) is 27.7 Å². The lowest BCUT2D eigenvalue weighted by atomic mass is 9.55. The van der Waals surface area contributed by atoms with Gasteiger partial charge in [-0.05, 0) is 42.5 Å². The van der Waals surface area contributed by atoms with Gasteiger partial charge in [0.2, 0.25) is 0 Å². The minimum Gasteiger partial charge on any atom is -0.425 e. The van der Waals surface area contributed by atoms with Crippen LogP contribution in [0.4, 0.5) is 0 Å². The number of carbonyl (C=O) groups excluding carboxylic acids is 1. The van der Waals surface area contributed by atoms with Crippen molar-refractivity contribution in [2.45, 2.75) is 39.6 Å². The van der Waals surface area contributed by atoms with Crippen LogP contribution in [-0.2, 0) is 4.65 Å². The Balaban J connectivity index is 2.23. The van der Waals surface area contributed by atoms with E-state index in [4.69, 9.17) is 4.65 Å². The summed E-state index contributed by atoms with van der Waals surface area (Å²) in [4.78, 5) is 11.4. The monoisotopic (exact) mass is 236 g/mol. The normalized spacial score (nSPS) is 22.4. The van der Waals surface area contributed by atoms with Gasteiger partial charge in [-0.1, -0.05) is 13.8 Å². The summed E-state index contributed by atoms with van der Waals surface area (Å²) in [6.45, 7) is 8.88. The van der Waals surface area contributed by atoms with Crippen molar-refractivity contribution in [2.24, 2.45) is 5.41 Å². The molecule has 2 rings (SSSR count). The molecule has 0 amide bonds. The first kappa shape index (κ1) is 11.9. The van der Waals surface area contributed by atoms with E-state index in [1.54, 1.807) is 0 Å². The average Bonchev–Trinajstić information content (AvgIpc) is 2.70. The third-order valence-corrected chi connectivity index (χ3v) is 4.77. The van der Waals surface area contributed by atoms with Gasteiger partial charge in [0, 0.05) is 0 Å². The minimum absolute atomic E-state index is 0.110. The van der Waals surface area contributed by atoms with Crippen molar-refractivity contribution in [3.05, 3.63) is 16.3 Å². The van der Waals surface area contributed by atoms with Crippen LogP contribution in [0.3, 0.4) is 0 Å². The van der Waals surface area contributed by atoms with Crippen LogP contribution in [0, 0.1) is 5.41 Å². The molecule has 0 bridgehead atoms. The molecule has 0 atom stereocenters. The number of rotatable bonds is 2. The molecule has 1 aromatic heterocycles. The van der Waals surface area contributed by atoms with Gasteiger partial charge in [0.15, 0.2) is 6.29 Å². The van der Waals surface area contributed by atoms with E-state index in [1.165, 1.54) is 11.3 Å². The molecule has 1 saturated heterocycles. The van der Waals surface area contributed by atoms with E-state index < -0.39 is 0 Å². The smallest absolute Gasteiger partial charge is 0.328 e. The predicted octanol–water partition coefficient (Wildman–Crippen LogP) is 2.59. The molecule has 0 N–H and O–H groups in total.